The summed E-state index contributed by atoms with van der Waals surface area (Å²) in [5, 5.41) is 17.6. The number of hydrogen-bond donors (Lipinski definition) is 2. The van der Waals surface area contributed by atoms with Gasteiger partial charge in [-0.2, -0.15) is 0 Å². The van der Waals surface area contributed by atoms with Crippen LogP contribution in [-0.4, -0.2) is 30.4 Å². The van der Waals surface area contributed by atoms with E-state index < -0.39 is 27.5 Å². The van der Waals surface area contributed by atoms with Crippen molar-refractivity contribution in [2.75, 3.05) is 5.75 Å². The summed E-state index contributed by atoms with van der Waals surface area (Å²) in [6, 6.07) is 5.00. The van der Waals surface area contributed by atoms with Crippen LogP contribution in [0.25, 0.3) is 0 Å². The van der Waals surface area contributed by atoms with E-state index in [2.05, 4.69) is 0 Å². The first-order valence-corrected chi connectivity index (χ1v) is 6.23. The Balaban J connectivity index is 2.94. The molecule has 0 bridgehead atoms. The molecular formula is C10H12O5S. The highest BCUT2D eigenvalue weighted by atomic mass is 32.2. The fourth-order valence-corrected chi connectivity index (χ4v) is 2.69. The SMILES string of the molecule is CC(CS(=O)(=O)c1ccc(O)cc1)C(=O)O. The topological polar surface area (TPSA) is 91.7 Å². The van der Waals surface area contributed by atoms with Gasteiger partial charge in [0.15, 0.2) is 9.84 Å². The summed E-state index contributed by atoms with van der Waals surface area (Å²) in [4.78, 5) is 10.6. The van der Waals surface area contributed by atoms with E-state index >= 15 is 0 Å². The van der Waals surface area contributed by atoms with Crippen LogP contribution in [0, 0.1) is 5.92 Å². The van der Waals surface area contributed by atoms with E-state index in [9.17, 15) is 13.2 Å². The van der Waals surface area contributed by atoms with Crippen LogP contribution < -0.4 is 0 Å². The Morgan fingerprint density at radius 1 is 1.31 bits per heavy atom. The number of carboxylic acids is 1. The number of aromatic hydroxyl groups is 1. The van der Waals surface area contributed by atoms with E-state index in [0.717, 1.165) is 0 Å². The maximum Gasteiger partial charge on any atom is 0.307 e. The zero-order valence-corrected chi connectivity index (χ0v) is 9.44. The van der Waals surface area contributed by atoms with Crippen LogP contribution in [0.2, 0.25) is 0 Å². The van der Waals surface area contributed by atoms with Gasteiger partial charge in [-0.3, -0.25) is 4.79 Å². The number of sulfone groups is 1. The molecule has 1 unspecified atom stereocenters. The Labute approximate surface area is 93.3 Å². The van der Waals surface area contributed by atoms with E-state index in [1.807, 2.05) is 0 Å². The van der Waals surface area contributed by atoms with Gasteiger partial charge in [-0.1, -0.05) is 6.92 Å². The average Bonchev–Trinajstić information content (AvgIpc) is 2.17. The summed E-state index contributed by atoms with van der Waals surface area (Å²) in [6.07, 6.45) is 0. The first-order valence-electron chi connectivity index (χ1n) is 4.57. The van der Waals surface area contributed by atoms with Gasteiger partial charge < -0.3 is 10.2 Å². The Bertz CT molecular complexity index is 474. The molecule has 0 saturated carbocycles. The molecule has 6 heteroatoms. The molecule has 0 aliphatic rings. The van der Waals surface area contributed by atoms with E-state index in [4.69, 9.17) is 10.2 Å². The van der Waals surface area contributed by atoms with E-state index in [-0.39, 0.29) is 10.6 Å². The number of aliphatic carboxylic acids is 1. The minimum absolute atomic E-state index is 0.0124. The lowest BCUT2D eigenvalue weighted by molar-refractivity contribution is -0.140. The van der Waals surface area contributed by atoms with Crippen molar-refractivity contribution in [2.24, 2.45) is 5.92 Å². The second-order valence-corrected chi connectivity index (χ2v) is 5.55. The molecule has 2 N–H and O–H groups in total. The average molecular weight is 244 g/mol. The predicted octanol–water partition coefficient (Wildman–Crippen LogP) is 0.887. The van der Waals surface area contributed by atoms with Crippen LogP contribution in [0.1, 0.15) is 6.92 Å². The number of hydrogen-bond acceptors (Lipinski definition) is 4. The number of phenols is 1. The Kier molecular flexibility index (Phi) is 3.54. The van der Waals surface area contributed by atoms with E-state index in [1.165, 1.54) is 31.2 Å². The molecule has 0 saturated heterocycles. The van der Waals surface area contributed by atoms with E-state index in [0.29, 0.717) is 0 Å². The molecule has 0 aromatic heterocycles. The number of benzene rings is 1. The van der Waals surface area contributed by atoms with Crippen LogP contribution in [-0.2, 0) is 14.6 Å². The molecule has 1 aromatic rings. The lowest BCUT2D eigenvalue weighted by Crippen LogP contribution is -2.21. The van der Waals surface area contributed by atoms with Gasteiger partial charge in [-0.05, 0) is 24.3 Å². The van der Waals surface area contributed by atoms with Crippen molar-refractivity contribution in [3.05, 3.63) is 24.3 Å². The largest absolute Gasteiger partial charge is 0.508 e. The first kappa shape index (κ1) is 12.5. The second kappa shape index (κ2) is 4.52. The van der Waals surface area contributed by atoms with Crippen LogP contribution >= 0.6 is 0 Å². The van der Waals surface area contributed by atoms with Gasteiger partial charge in [0, 0.05) is 0 Å². The van der Waals surface area contributed by atoms with E-state index in [1.54, 1.807) is 0 Å². The van der Waals surface area contributed by atoms with Crippen molar-refractivity contribution in [2.45, 2.75) is 11.8 Å². The van der Waals surface area contributed by atoms with Crippen LogP contribution in [0.5, 0.6) is 5.75 Å². The van der Waals surface area contributed by atoms with Crippen molar-refractivity contribution in [3.8, 4) is 5.75 Å². The zero-order valence-electron chi connectivity index (χ0n) is 8.62. The molecule has 0 aliphatic heterocycles. The van der Waals surface area contributed by atoms with Crippen molar-refractivity contribution in [1.29, 1.82) is 0 Å². The molecule has 0 amide bonds. The lowest BCUT2D eigenvalue weighted by Gasteiger charge is -2.07. The third-order valence-corrected chi connectivity index (χ3v) is 4.02. The fourth-order valence-electron chi connectivity index (χ4n) is 1.15. The molecule has 16 heavy (non-hydrogen) atoms. The normalized spacial score (nSPS) is 13.3. The van der Waals surface area contributed by atoms with Gasteiger partial charge in [-0.15, -0.1) is 0 Å². The number of rotatable bonds is 4. The van der Waals surface area contributed by atoms with Crippen LogP contribution in [0.15, 0.2) is 29.2 Å². The highest BCUT2D eigenvalue weighted by Gasteiger charge is 2.22. The van der Waals surface area contributed by atoms with Crippen molar-refractivity contribution < 1.29 is 23.4 Å². The lowest BCUT2D eigenvalue weighted by atomic mass is 10.2. The van der Waals surface area contributed by atoms with Crippen molar-refractivity contribution in [3.63, 3.8) is 0 Å². The third-order valence-electron chi connectivity index (χ3n) is 2.09. The maximum atomic E-state index is 11.7. The molecule has 88 valence electrons. The smallest absolute Gasteiger partial charge is 0.307 e. The number of carbonyl (C=O) groups is 1. The number of phenolic OH excluding ortho intramolecular Hbond substituents is 1. The molecular weight excluding hydrogens is 232 g/mol. The molecule has 0 radical (unpaired) electrons. The monoisotopic (exact) mass is 244 g/mol. The quantitative estimate of drug-likeness (QED) is 0.820. The highest BCUT2D eigenvalue weighted by molar-refractivity contribution is 7.91. The Morgan fingerprint density at radius 3 is 2.25 bits per heavy atom. The zero-order chi connectivity index (χ0) is 12.3. The third kappa shape index (κ3) is 2.96. The summed E-state index contributed by atoms with van der Waals surface area (Å²) in [5.74, 6) is -2.60. The Hall–Kier alpha value is -1.56. The Morgan fingerprint density at radius 2 is 1.81 bits per heavy atom. The van der Waals surface area contributed by atoms with Crippen LogP contribution in [0.4, 0.5) is 0 Å². The summed E-state index contributed by atoms with van der Waals surface area (Å²) < 4.78 is 23.4. The molecule has 1 aromatic carbocycles. The van der Waals surface area contributed by atoms with Gasteiger partial charge in [0.1, 0.15) is 5.75 Å². The number of carboxylic acid groups (broad SMARTS) is 1. The molecule has 0 aliphatic carbocycles. The van der Waals surface area contributed by atoms with Gasteiger partial charge in [-0.25, -0.2) is 8.42 Å². The van der Waals surface area contributed by atoms with Gasteiger partial charge in [0.2, 0.25) is 0 Å². The predicted molar refractivity (Wildman–Crippen MR) is 57.0 cm³/mol. The van der Waals surface area contributed by atoms with Crippen LogP contribution in [0.3, 0.4) is 0 Å². The van der Waals surface area contributed by atoms with Gasteiger partial charge >= 0.3 is 5.97 Å². The summed E-state index contributed by atoms with van der Waals surface area (Å²) in [5.41, 5.74) is 0. The first-order chi connectivity index (χ1) is 7.33. The van der Waals surface area contributed by atoms with Gasteiger partial charge in [0.05, 0.1) is 16.6 Å². The standard InChI is InChI=1S/C10H12O5S/c1-7(10(12)13)6-16(14,15)9-4-2-8(11)3-5-9/h2-5,7,11H,6H2,1H3,(H,12,13). The molecule has 1 rings (SSSR count). The second-order valence-electron chi connectivity index (χ2n) is 3.51. The van der Waals surface area contributed by atoms with Crippen molar-refractivity contribution in [1.82, 2.24) is 0 Å². The van der Waals surface area contributed by atoms with Crippen molar-refractivity contribution >= 4 is 15.8 Å². The van der Waals surface area contributed by atoms with Gasteiger partial charge in [0.25, 0.3) is 0 Å². The molecule has 0 spiro atoms. The minimum atomic E-state index is -3.61. The molecule has 5 nitrogen and oxygen atoms in total. The summed E-state index contributed by atoms with van der Waals surface area (Å²) in [7, 11) is -3.61. The molecule has 0 heterocycles. The summed E-state index contributed by atoms with van der Waals surface area (Å²) in [6.45, 7) is 1.33. The highest BCUT2D eigenvalue weighted by Crippen LogP contribution is 2.17. The maximum absolute atomic E-state index is 11.7. The molecule has 0 fully saturated rings. The fraction of sp³-hybridized carbons (Fsp3) is 0.300. The summed E-state index contributed by atoms with van der Waals surface area (Å²) >= 11 is 0. The molecule has 1 atom stereocenters. The minimum Gasteiger partial charge on any atom is -0.508 e.